The molecule has 0 radical (unpaired) electrons. The predicted octanol–water partition coefficient (Wildman–Crippen LogP) is 1.82. The molecular formula is C21H29N3O6S. The summed E-state index contributed by atoms with van der Waals surface area (Å²) in [5, 5.41) is 2.52. The van der Waals surface area contributed by atoms with Gasteiger partial charge in [-0.25, -0.2) is 18.0 Å². The lowest BCUT2D eigenvalue weighted by Crippen LogP contribution is -2.41. The number of piperidine rings is 1. The van der Waals surface area contributed by atoms with Crippen molar-refractivity contribution in [1.29, 1.82) is 0 Å². The molecule has 2 heterocycles. The van der Waals surface area contributed by atoms with E-state index in [0.29, 0.717) is 36.7 Å². The summed E-state index contributed by atoms with van der Waals surface area (Å²) in [6.45, 7) is 8.37. The van der Waals surface area contributed by atoms with E-state index in [-0.39, 0.29) is 17.0 Å². The van der Waals surface area contributed by atoms with Crippen LogP contribution in [-0.4, -0.2) is 67.8 Å². The lowest BCUT2D eigenvalue weighted by molar-refractivity contribution is -0.136. The molecule has 3 rings (SSSR count). The number of urea groups is 1. The molecule has 2 fully saturated rings. The van der Waals surface area contributed by atoms with E-state index in [1.165, 1.54) is 17.3 Å². The molecule has 0 bridgehead atoms. The number of nitrogens with one attached hydrogen (secondary N) is 1. The maximum Gasteiger partial charge on any atom is 0.338 e. The molecular weight excluding hydrogens is 422 g/mol. The molecule has 0 saturated carbocycles. The molecule has 9 nitrogen and oxygen atoms in total. The van der Waals surface area contributed by atoms with E-state index in [1.54, 1.807) is 19.9 Å². The molecule has 1 aromatic rings. The summed E-state index contributed by atoms with van der Waals surface area (Å²) in [6.07, 6.45) is 0.410. The third-order valence-electron chi connectivity index (χ3n) is 5.97. The van der Waals surface area contributed by atoms with Gasteiger partial charge in [-0.1, -0.05) is 6.92 Å². The summed E-state index contributed by atoms with van der Waals surface area (Å²) in [5.41, 5.74) is 1.27. The SMILES string of the molecule is Cc1cc(C(=O)O[C@H](C)C(=O)N2CCNC2=O)cc(S(=O)(=O)N2CCC(C)CC2)c1C. The Hall–Kier alpha value is -2.46. The van der Waals surface area contributed by atoms with Gasteiger partial charge in [-0.3, -0.25) is 9.69 Å². The third kappa shape index (κ3) is 4.74. The number of rotatable bonds is 5. The lowest BCUT2D eigenvalue weighted by Gasteiger charge is -2.30. The summed E-state index contributed by atoms with van der Waals surface area (Å²) in [4.78, 5) is 37.8. The van der Waals surface area contributed by atoms with Crippen molar-refractivity contribution in [3.63, 3.8) is 0 Å². The van der Waals surface area contributed by atoms with Crippen LogP contribution < -0.4 is 5.32 Å². The van der Waals surface area contributed by atoms with Crippen molar-refractivity contribution in [2.24, 2.45) is 5.92 Å². The van der Waals surface area contributed by atoms with Crippen molar-refractivity contribution in [2.75, 3.05) is 26.2 Å². The largest absolute Gasteiger partial charge is 0.449 e. The van der Waals surface area contributed by atoms with Crippen molar-refractivity contribution in [3.8, 4) is 0 Å². The molecule has 3 amide bonds. The minimum atomic E-state index is -3.76. The van der Waals surface area contributed by atoms with Crippen molar-refractivity contribution in [3.05, 3.63) is 28.8 Å². The van der Waals surface area contributed by atoms with Crippen LogP contribution in [0.25, 0.3) is 0 Å². The smallest absolute Gasteiger partial charge is 0.338 e. The Labute approximate surface area is 182 Å². The molecule has 2 aliphatic heterocycles. The number of benzene rings is 1. The van der Waals surface area contributed by atoms with Gasteiger partial charge in [0, 0.05) is 26.2 Å². The number of hydrogen-bond donors (Lipinski definition) is 1. The van der Waals surface area contributed by atoms with Gasteiger partial charge in [0.1, 0.15) is 0 Å². The maximum atomic E-state index is 13.3. The van der Waals surface area contributed by atoms with Crippen LogP contribution in [0.2, 0.25) is 0 Å². The number of aryl methyl sites for hydroxylation is 1. The van der Waals surface area contributed by atoms with E-state index in [4.69, 9.17) is 4.74 Å². The molecule has 0 aliphatic carbocycles. The summed E-state index contributed by atoms with van der Waals surface area (Å²) in [5.74, 6) is -0.956. The van der Waals surface area contributed by atoms with Gasteiger partial charge in [0.25, 0.3) is 5.91 Å². The molecule has 1 N–H and O–H groups in total. The zero-order chi connectivity index (χ0) is 22.9. The highest BCUT2D eigenvalue weighted by molar-refractivity contribution is 7.89. The van der Waals surface area contributed by atoms with Crippen molar-refractivity contribution < 1.29 is 27.5 Å². The minimum absolute atomic E-state index is 0.0533. The predicted molar refractivity (Wildman–Crippen MR) is 113 cm³/mol. The number of hydrogen-bond acceptors (Lipinski definition) is 6. The van der Waals surface area contributed by atoms with E-state index in [2.05, 4.69) is 12.2 Å². The van der Waals surface area contributed by atoms with E-state index in [0.717, 1.165) is 17.7 Å². The molecule has 0 unspecified atom stereocenters. The monoisotopic (exact) mass is 451 g/mol. The molecule has 31 heavy (non-hydrogen) atoms. The highest BCUT2D eigenvalue weighted by atomic mass is 32.2. The van der Waals surface area contributed by atoms with Crippen LogP contribution in [0.5, 0.6) is 0 Å². The summed E-state index contributed by atoms with van der Waals surface area (Å²) in [7, 11) is -3.76. The Balaban J connectivity index is 1.82. The van der Waals surface area contributed by atoms with Crippen molar-refractivity contribution >= 4 is 27.9 Å². The van der Waals surface area contributed by atoms with E-state index in [1.807, 2.05) is 0 Å². The normalized spacial score (nSPS) is 19.2. The first-order chi connectivity index (χ1) is 14.5. The minimum Gasteiger partial charge on any atom is -0.449 e. The van der Waals surface area contributed by atoms with Crippen molar-refractivity contribution in [1.82, 2.24) is 14.5 Å². The topological polar surface area (TPSA) is 113 Å². The number of imide groups is 1. The van der Waals surface area contributed by atoms with Gasteiger partial charge in [0.05, 0.1) is 10.5 Å². The Morgan fingerprint density at radius 2 is 1.81 bits per heavy atom. The number of esters is 1. The molecule has 0 aromatic heterocycles. The number of carbonyl (C=O) groups is 3. The second-order valence-electron chi connectivity index (χ2n) is 8.27. The number of carbonyl (C=O) groups excluding carboxylic acids is 3. The van der Waals surface area contributed by atoms with Gasteiger partial charge >= 0.3 is 12.0 Å². The van der Waals surface area contributed by atoms with Crippen LogP contribution >= 0.6 is 0 Å². The average molecular weight is 452 g/mol. The summed E-state index contributed by atoms with van der Waals surface area (Å²) in [6, 6.07) is 2.34. The first kappa shape index (κ1) is 23.2. The van der Waals surface area contributed by atoms with E-state index < -0.39 is 34.0 Å². The third-order valence-corrected chi connectivity index (χ3v) is 8.00. The number of sulfonamides is 1. The molecule has 1 aromatic carbocycles. The zero-order valence-electron chi connectivity index (χ0n) is 18.3. The Morgan fingerprint density at radius 3 is 2.39 bits per heavy atom. The fraction of sp³-hybridized carbons (Fsp3) is 0.571. The standard InChI is InChI=1S/C21H29N3O6S/c1-13-5-8-23(9-6-13)31(28,29)18-12-17(11-14(2)15(18)3)20(26)30-16(4)19(25)24-10-7-22-21(24)27/h11-13,16H,5-10H2,1-4H3,(H,22,27)/t16-/m1/s1. The first-order valence-electron chi connectivity index (χ1n) is 10.4. The number of nitrogens with zero attached hydrogens (tertiary/aromatic N) is 2. The van der Waals surface area contributed by atoms with Gasteiger partial charge in [-0.15, -0.1) is 0 Å². The Kier molecular flexibility index (Phi) is 6.70. The van der Waals surface area contributed by atoms with Gasteiger partial charge in [-0.2, -0.15) is 4.31 Å². The van der Waals surface area contributed by atoms with Crippen LogP contribution in [0, 0.1) is 19.8 Å². The highest BCUT2D eigenvalue weighted by Gasteiger charge is 2.33. The highest BCUT2D eigenvalue weighted by Crippen LogP contribution is 2.28. The lowest BCUT2D eigenvalue weighted by atomic mass is 10.0. The summed E-state index contributed by atoms with van der Waals surface area (Å²) < 4.78 is 33.2. The maximum absolute atomic E-state index is 13.3. The fourth-order valence-electron chi connectivity index (χ4n) is 3.76. The molecule has 170 valence electrons. The summed E-state index contributed by atoms with van der Waals surface area (Å²) >= 11 is 0. The Bertz CT molecular complexity index is 999. The molecule has 1 atom stereocenters. The molecule has 2 aliphatic rings. The second kappa shape index (κ2) is 8.96. The van der Waals surface area contributed by atoms with Crippen LogP contribution in [0.4, 0.5) is 4.79 Å². The fourth-order valence-corrected chi connectivity index (χ4v) is 5.55. The quantitative estimate of drug-likeness (QED) is 0.684. The molecule has 0 spiro atoms. The van der Waals surface area contributed by atoms with Gasteiger partial charge in [0.15, 0.2) is 6.10 Å². The van der Waals surface area contributed by atoms with Gasteiger partial charge < -0.3 is 10.1 Å². The van der Waals surface area contributed by atoms with Gasteiger partial charge in [0.2, 0.25) is 10.0 Å². The van der Waals surface area contributed by atoms with Crippen LogP contribution in [0.15, 0.2) is 17.0 Å². The zero-order valence-corrected chi connectivity index (χ0v) is 19.1. The van der Waals surface area contributed by atoms with E-state index >= 15 is 0 Å². The second-order valence-corrected chi connectivity index (χ2v) is 10.2. The number of amides is 3. The van der Waals surface area contributed by atoms with E-state index in [9.17, 15) is 22.8 Å². The molecule has 10 heteroatoms. The van der Waals surface area contributed by atoms with Crippen molar-refractivity contribution in [2.45, 2.75) is 51.5 Å². The average Bonchev–Trinajstić information content (AvgIpc) is 3.15. The van der Waals surface area contributed by atoms with Crippen LogP contribution in [0.1, 0.15) is 48.2 Å². The van der Waals surface area contributed by atoms with Crippen LogP contribution in [-0.2, 0) is 19.6 Å². The van der Waals surface area contributed by atoms with Crippen LogP contribution in [0.3, 0.4) is 0 Å². The molecule has 2 saturated heterocycles. The van der Waals surface area contributed by atoms with Gasteiger partial charge in [-0.05, 0) is 62.8 Å². The first-order valence-corrected chi connectivity index (χ1v) is 11.9. The number of ether oxygens (including phenoxy) is 1. The Morgan fingerprint density at radius 1 is 1.16 bits per heavy atom.